The van der Waals surface area contributed by atoms with Crippen molar-refractivity contribution in [3.8, 4) is 5.75 Å². The van der Waals surface area contributed by atoms with Crippen LogP contribution >= 0.6 is 0 Å². The standard InChI is InChI=1S/C25H25N3O5/c29-25(22-16-21(28(30)31)10-11-23(22)27-12-14-32-15-13-27)26-17-20-8-4-5-9-24(20)33-18-19-6-2-1-3-7-19/h1-11,16H,12-15,17-18H2,(H,26,29). The van der Waals surface area contributed by atoms with Gasteiger partial charge < -0.3 is 19.7 Å². The molecule has 1 amide bonds. The molecule has 170 valence electrons. The zero-order valence-corrected chi connectivity index (χ0v) is 18.1. The number of amides is 1. The molecule has 3 aromatic rings. The van der Waals surface area contributed by atoms with Crippen molar-refractivity contribution in [1.29, 1.82) is 0 Å². The lowest BCUT2D eigenvalue weighted by Gasteiger charge is -2.30. The van der Waals surface area contributed by atoms with Crippen LogP contribution in [0.4, 0.5) is 11.4 Å². The number of non-ortho nitro benzene ring substituents is 1. The largest absolute Gasteiger partial charge is 0.489 e. The molecule has 0 saturated carbocycles. The number of morpholine rings is 1. The van der Waals surface area contributed by atoms with Crippen LogP contribution in [0.1, 0.15) is 21.5 Å². The van der Waals surface area contributed by atoms with Crippen molar-refractivity contribution < 1.29 is 19.2 Å². The molecule has 8 heteroatoms. The minimum absolute atomic E-state index is 0.122. The van der Waals surface area contributed by atoms with Crippen molar-refractivity contribution in [2.24, 2.45) is 0 Å². The molecule has 33 heavy (non-hydrogen) atoms. The van der Waals surface area contributed by atoms with Crippen molar-refractivity contribution in [3.05, 3.63) is 99.6 Å². The molecule has 3 aromatic carbocycles. The molecular formula is C25H25N3O5. The summed E-state index contributed by atoms with van der Waals surface area (Å²) in [6.45, 7) is 2.98. The molecule has 1 aliphatic rings. The second kappa shape index (κ2) is 10.6. The molecule has 4 rings (SSSR count). The van der Waals surface area contributed by atoms with Crippen molar-refractivity contribution in [2.45, 2.75) is 13.2 Å². The smallest absolute Gasteiger partial charge is 0.270 e. The van der Waals surface area contributed by atoms with Gasteiger partial charge in [-0.3, -0.25) is 14.9 Å². The van der Waals surface area contributed by atoms with Gasteiger partial charge in [0.15, 0.2) is 0 Å². The number of carbonyl (C=O) groups is 1. The lowest BCUT2D eigenvalue weighted by molar-refractivity contribution is -0.384. The fraction of sp³-hybridized carbons (Fsp3) is 0.240. The molecular weight excluding hydrogens is 422 g/mol. The topological polar surface area (TPSA) is 93.9 Å². The van der Waals surface area contributed by atoms with E-state index in [1.807, 2.05) is 59.5 Å². The Morgan fingerprint density at radius 3 is 2.52 bits per heavy atom. The van der Waals surface area contributed by atoms with Gasteiger partial charge >= 0.3 is 0 Å². The number of para-hydroxylation sites is 1. The van der Waals surface area contributed by atoms with E-state index in [2.05, 4.69) is 5.32 Å². The summed E-state index contributed by atoms with van der Waals surface area (Å²) in [4.78, 5) is 25.9. The number of nitro groups is 1. The summed E-state index contributed by atoms with van der Waals surface area (Å²) in [6, 6.07) is 21.7. The van der Waals surface area contributed by atoms with E-state index in [1.165, 1.54) is 12.1 Å². The number of hydrogen-bond acceptors (Lipinski definition) is 6. The first-order valence-electron chi connectivity index (χ1n) is 10.8. The van der Waals surface area contributed by atoms with Gasteiger partial charge in [-0.15, -0.1) is 0 Å². The summed E-state index contributed by atoms with van der Waals surface area (Å²) in [7, 11) is 0. The predicted molar refractivity (Wildman–Crippen MR) is 125 cm³/mol. The molecule has 0 aromatic heterocycles. The van der Waals surface area contributed by atoms with Crippen LogP contribution in [0.5, 0.6) is 5.75 Å². The molecule has 0 bridgehead atoms. The zero-order chi connectivity index (χ0) is 23.0. The first-order valence-corrected chi connectivity index (χ1v) is 10.8. The molecule has 0 unspecified atom stereocenters. The maximum absolute atomic E-state index is 13.1. The van der Waals surface area contributed by atoms with E-state index in [1.54, 1.807) is 6.07 Å². The van der Waals surface area contributed by atoms with Gasteiger partial charge in [0, 0.05) is 37.3 Å². The van der Waals surface area contributed by atoms with Gasteiger partial charge in [-0.25, -0.2) is 0 Å². The van der Waals surface area contributed by atoms with Crippen molar-refractivity contribution in [2.75, 3.05) is 31.2 Å². The molecule has 0 atom stereocenters. The van der Waals surface area contributed by atoms with Gasteiger partial charge in [-0.05, 0) is 17.7 Å². The van der Waals surface area contributed by atoms with Crippen LogP contribution < -0.4 is 15.0 Å². The molecule has 0 aliphatic carbocycles. The first kappa shape index (κ1) is 22.3. The molecule has 0 radical (unpaired) electrons. The highest BCUT2D eigenvalue weighted by atomic mass is 16.6. The van der Waals surface area contributed by atoms with Crippen LogP contribution in [0.2, 0.25) is 0 Å². The number of nitrogens with one attached hydrogen (secondary N) is 1. The predicted octanol–water partition coefficient (Wildman–Crippen LogP) is 3.94. The molecule has 1 aliphatic heterocycles. The third kappa shape index (κ3) is 5.67. The van der Waals surface area contributed by atoms with Crippen LogP contribution in [0, 0.1) is 10.1 Å². The van der Waals surface area contributed by atoms with Gasteiger partial charge in [0.1, 0.15) is 12.4 Å². The number of carbonyl (C=O) groups excluding carboxylic acids is 1. The summed E-state index contributed by atoms with van der Waals surface area (Å²) in [5.41, 5.74) is 2.68. The Hall–Kier alpha value is -3.91. The minimum atomic E-state index is -0.493. The summed E-state index contributed by atoms with van der Waals surface area (Å²) < 4.78 is 11.4. The van der Waals surface area contributed by atoms with Gasteiger partial charge in [-0.2, -0.15) is 0 Å². The molecule has 1 saturated heterocycles. The molecule has 1 fully saturated rings. The van der Waals surface area contributed by atoms with Crippen LogP contribution in [-0.4, -0.2) is 37.1 Å². The van der Waals surface area contributed by atoms with Crippen molar-refractivity contribution >= 4 is 17.3 Å². The van der Waals surface area contributed by atoms with Gasteiger partial charge in [0.25, 0.3) is 11.6 Å². The van der Waals surface area contributed by atoms with E-state index in [0.717, 1.165) is 11.1 Å². The number of ether oxygens (including phenoxy) is 2. The molecule has 0 spiro atoms. The third-order valence-corrected chi connectivity index (χ3v) is 5.44. The normalized spacial score (nSPS) is 13.4. The Balaban J connectivity index is 1.49. The van der Waals surface area contributed by atoms with E-state index in [-0.39, 0.29) is 23.7 Å². The Kier molecular flexibility index (Phi) is 7.16. The fourth-order valence-electron chi connectivity index (χ4n) is 3.70. The minimum Gasteiger partial charge on any atom is -0.489 e. The van der Waals surface area contributed by atoms with Crippen molar-refractivity contribution in [1.82, 2.24) is 5.32 Å². The Morgan fingerprint density at radius 1 is 1.03 bits per heavy atom. The fourth-order valence-corrected chi connectivity index (χ4v) is 3.70. The maximum atomic E-state index is 13.1. The van der Waals surface area contributed by atoms with Gasteiger partial charge in [0.05, 0.1) is 29.4 Å². The van der Waals surface area contributed by atoms with Crippen LogP contribution in [0.15, 0.2) is 72.8 Å². The number of rotatable bonds is 8. The molecule has 1 heterocycles. The van der Waals surface area contributed by atoms with Gasteiger partial charge in [0.2, 0.25) is 0 Å². The second-order valence-electron chi connectivity index (χ2n) is 7.62. The number of nitrogens with zero attached hydrogens (tertiary/aromatic N) is 2. The average molecular weight is 447 g/mol. The van der Waals surface area contributed by atoms with E-state index >= 15 is 0 Å². The SMILES string of the molecule is O=C(NCc1ccccc1OCc1ccccc1)c1cc([N+](=O)[O-])ccc1N1CCOCC1. The quantitative estimate of drug-likeness (QED) is 0.415. The summed E-state index contributed by atoms with van der Waals surface area (Å²) >= 11 is 0. The highest BCUT2D eigenvalue weighted by Gasteiger charge is 2.22. The summed E-state index contributed by atoms with van der Waals surface area (Å²) in [5, 5.41) is 14.2. The van der Waals surface area contributed by atoms with E-state index in [0.29, 0.717) is 44.3 Å². The maximum Gasteiger partial charge on any atom is 0.270 e. The summed E-state index contributed by atoms with van der Waals surface area (Å²) in [6.07, 6.45) is 0. The lowest BCUT2D eigenvalue weighted by atomic mass is 10.1. The first-order chi connectivity index (χ1) is 16.1. The van der Waals surface area contributed by atoms with Crippen LogP contribution in [0.25, 0.3) is 0 Å². The highest BCUT2D eigenvalue weighted by Crippen LogP contribution is 2.27. The van der Waals surface area contributed by atoms with E-state index in [4.69, 9.17) is 9.47 Å². The lowest BCUT2D eigenvalue weighted by Crippen LogP contribution is -2.38. The summed E-state index contributed by atoms with van der Waals surface area (Å²) in [5.74, 6) is 0.298. The second-order valence-corrected chi connectivity index (χ2v) is 7.62. The number of nitro benzene ring substituents is 1. The monoisotopic (exact) mass is 447 g/mol. The number of benzene rings is 3. The Bertz CT molecular complexity index is 1110. The molecule has 1 N–H and O–H groups in total. The third-order valence-electron chi connectivity index (χ3n) is 5.44. The Morgan fingerprint density at radius 2 is 1.76 bits per heavy atom. The van der Waals surface area contributed by atoms with Gasteiger partial charge in [-0.1, -0.05) is 48.5 Å². The Labute approximate surface area is 191 Å². The van der Waals surface area contributed by atoms with Crippen LogP contribution in [-0.2, 0) is 17.9 Å². The number of anilines is 1. The number of hydrogen-bond donors (Lipinski definition) is 1. The zero-order valence-electron chi connectivity index (χ0n) is 18.1. The highest BCUT2D eigenvalue weighted by molar-refractivity contribution is 6.00. The van der Waals surface area contributed by atoms with E-state index < -0.39 is 4.92 Å². The average Bonchev–Trinajstić information content (AvgIpc) is 2.87. The van der Waals surface area contributed by atoms with E-state index in [9.17, 15) is 14.9 Å². The molecule has 8 nitrogen and oxygen atoms in total. The van der Waals surface area contributed by atoms with Crippen molar-refractivity contribution in [3.63, 3.8) is 0 Å². The van der Waals surface area contributed by atoms with Crippen LogP contribution in [0.3, 0.4) is 0 Å².